The highest BCUT2D eigenvalue weighted by Gasteiger charge is 2.06. The minimum absolute atomic E-state index is 0.669. The lowest BCUT2D eigenvalue weighted by Gasteiger charge is -2.01. The molecule has 1 rings (SSSR count). The van der Waals surface area contributed by atoms with E-state index in [2.05, 4.69) is 39.0 Å². The largest absolute Gasteiger partial charge is 0.0776 e. The lowest BCUT2D eigenvalue weighted by atomic mass is 10.0. The van der Waals surface area contributed by atoms with E-state index in [1.165, 1.54) is 5.57 Å². The zero-order valence-corrected chi connectivity index (χ0v) is 6.39. The van der Waals surface area contributed by atoms with Crippen LogP contribution in [0, 0.1) is 11.8 Å². The van der Waals surface area contributed by atoms with Crippen molar-refractivity contribution in [2.75, 3.05) is 0 Å². The second-order valence-electron chi connectivity index (χ2n) is 3.04. The van der Waals surface area contributed by atoms with E-state index < -0.39 is 0 Å². The molecule has 9 heavy (non-hydrogen) atoms. The highest BCUT2D eigenvalue weighted by molar-refractivity contribution is 5.29. The van der Waals surface area contributed by atoms with Crippen molar-refractivity contribution in [2.45, 2.75) is 20.8 Å². The van der Waals surface area contributed by atoms with E-state index in [0.717, 1.165) is 0 Å². The van der Waals surface area contributed by atoms with Crippen LogP contribution in [0.25, 0.3) is 0 Å². The minimum atomic E-state index is 0.669. The third-order valence-electron chi connectivity index (χ3n) is 1.71. The van der Waals surface area contributed by atoms with Crippen LogP contribution in [0.4, 0.5) is 0 Å². The van der Waals surface area contributed by atoms with E-state index in [4.69, 9.17) is 0 Å². The third-order valence-corrected chi connectivity index (χ3v) is 1.71. The normalized spacial score (nSPS) is 25.3. The van der Waals surface area contributed by atoms with Gasteiger partial charge in [0.1, 0.15) is 0 Å². The Hall–Kier alpha value is -0.520. The predicted molar refractivity (Wildman–Crippen MR) is 41.2 cm³/mol. The molecule has 0 aromatic rings. The smallest absolute Gasteiger partial charge is 0.00727 e. The fraction of sp³-hybridized carbons (Fsp3) is 0.556. The SMILES string of the molecule is CC1C=CC(C(C)C)=C1. The first-order valence-corrected chi connectivity index (χ1v) is 3.60. The second-order valence-corrected chi connectivity index (χ2v) is 3.04. The highest BCUT2D eigenvalue weighted by atomic mass is 14.1. The number of hydrogen-bond donors (Lipinski definition) is 0. The average Bonchev–Trinajstić information content (AvgIpc) is 2.14. The van der Waals surface area contributed by atoms with Crippen LogP contribution in [0.2, 0.25) is 0 Å². The van der Waals surface area contributed by atoms with Crippen molar-refractivity contribution in [3.05, 3.63) is 23.8 Å². The average molecular weight is 122 g/mol. The first kappa shape index (κ1) is 6.60. The van der Waals surface area contributed by atoms with Crippen molar-refractivity contribution < 1.29 is 0 Å². The van der Waals surface area contributed by atoms with Crippen LogP contribution in [0.5, 0.6) is 0 Å². The molecule has 0 radical (unpaired) electrons. The van der Waals surface area contributed by atoms with E-state index in [-0.39, 0.29) is 0 Å². The van der Waals surface area contributed by atoms with Crippen LogP contribution in [0.15, 0.2) is 23.8 Å². The van der Waals surface area contributed by atoms with Gasteiger partial charge in [0.15, 0.2) is 0 Å². The van der Waals surface area contributed by atoms with Crippen molar-refractivity contribution in [3.8, 4) is 0 Å². The lowest BCUT2D eigenvalue weighted by Crippen LogP contribution is -1.87. The molecule has 1 unspecified atom stereocenters. The van der Waals surface area contributed by atoms with Crippen molar-refractivity contribution in [1.29, 1.82) is 0 Å². The van der Waals surface area contributed by atoms with Crippen molar-refractivity contribution in [3.63, 3.8) is 0 Å². The van der Waals surface area contributed by atoms with Crippen LogP contribution in [-0.2, 0) is 0 Å². The summed E-state index contributed by atoms with van der Waals surface area (Å²) in [5, 5.41) is 0. The summed E-state index contributed by atoms with van der Waals surface area (Å²) in [4.78, 5) is 0. The van der Waals surface area contributed by atoms with E-state index in [1.54, 1.807) is 0 Å². The van der Waals surface area contributed by atoms with Gasteiger partial charge in [0.25, 0.3) is 0 Å². The Kier molecular flexibility index (Phi) is 1.75. The van der Waals surface area contributed by atoms with Crippen LogP contribution >= 0.6 is 0 Å². The molecule has 1 aliphatic carbocycles. The summed E-state index contributed by atoms with van der Waals surface area (Å²) in [6.07, 6.45) is 6.80. The molecule has 0 aromatic carbocycles. The molecule has 0 nitrogen and oxygen atoms in total. The van der Waals surface area contributed by atoms with Gasteiger partial charge in [0.2, 0.25) is 0 Å². The first-order valence-electron chi connectivity index (χ1n) is 3.60. The fourth-order valence-electron chi connectivity index (χ4n) is 1.06. The molecular weight excluding hydrogens is 108 g/mol. The maximum absolute atomic E-state index is 2.32. The Labute approximate surface area is 57.3 Å². The molecule has 0 fully saturated rings. The van der Waals surface area contributed by atoms with E-state index in [1.807, 2.05) is 0 Å². The predicted octanol–water partition coefficient (Wildman–Crippen LogP) is 2.77. The molecule has 0 spiro atoms. The zero-order valence-electron chi connectivity index (χ0n) is 6.39. The maximum atomic E-state index is 2.32. The first-order chi connectivity index (χ1) is 4.20. The molecule has 0 heterocycles. The molecule has 1 atom stereocenters. The van der Waals surface area contributed by atoms with E-state index in [9.17, 15) is 0 Å². The van der Waals surface area contributed by atoms with Crippen LogP contribution in [0.3, 0.4) is 0 Å². The zero-order chi connectivity index (χ0) is 6.85. The summed E-state index contributed by atoms with van der Waals surface area (Å²) in [6.45, 7) is 6.67. The van der Waals surface area contributed by atoms with Gasteiger partial charge in [0, 0.05) is 0 Å². The van der Waals surface area contributed by atoms with Crippen molar-refractivity contribution in [2.24, 2.45) is 11.8 Å². The summed E-state index contributed by atoms with van der Waals surface area (Å²) in [7, 11) is 0. The Morgan fingerprint density at radius 2 is 2.11 bits per heavy atom. The van der Waals surface area contributed by atoms with Gasteiger partial charge >= 0.3 is 0 Å². The van der Waals surface area contributed by atoms with Gasteiger partial charge in [-0.05, 0) is 17.4 Å². The summed E-state index contributed by atoms with van der Waals surface area (Å²) < 4.78 is 0. The molecule has 0 saturated heterocycles. The fourth-order valence-corrected chi connectivity index (χ4v) is 1.06. The lowest BCUT2D eigenvalue weighted by molar-refractivity contribution is 0.786. The van der Waals surface area contributed by atoms with Crippen molar-refractivity contribution >= 4 is 0 Å². The molecule has 0 aliphatic heterocycles. The van der Waals surface area contributed by atoms with Crippen LogP contribution in [0.1, 0.15) is 20.8 Å². The van der Waals surface area contributed by atoms with Gasteiger partial charge in [-0.2, -0.15) is 0 Å². The molecule has 0 aromatic heterocycles. The molecule has 0 amide bonds. The van der Waals surface area contributed by atoms with E-state index >= 15 is 0 Å². The van der Waals surface area contributed by atoms with Crippen LogP contribution in [-0.4, -0.2) is 0 Å². The van der Waals surface area contributed by atoms with Gasteiger partial charge in [-0.15, -0.1) is 0 Å². The summed E-state index contributed by atoms with van der Waals surface area (Å²) >= 11 is 0. The quantitative estimate of drug-likeness (QED) is 0.501. The molecule has 1 aliphatic rings. The van der Waals surface area contributed by atoms with Gasteiger partial charge in [-0.3, -0.25) is 0 Å². The van der Waals surface area contributed by atoms with Crippen LogP contribution < -0.4 is 0 Å². The Morgan fingerprint density at radius 3 is 2.33 bits per heavy atom. The summed E-state index contributed by atoms with van der Waals surface area (Å²) in [5.74, 6) is 1.37. The number of hydrogen-bond acceptors (Lipinski definition) is 0. The van der Waals surface area contributed by atoms with E-state index in [0.29, 0.717) is 11.8 Å². The number of allylic oxidation sites excluding steroid dienone is 4. The van der Waals surface area contributed by atoms with Crippen molar-refractivity contribution in [1.82, 2.24) is 0 Å². The maximum Gasteiger partial charge on any atom is -0.00727 e. The Balaban J connectivity index is 2.64. The molecule has 50 valence electrons. The van der Waals surface area contributed by atoms with Gasteiger partial charge in [-0.25, -0.2) is 0 Å². The number of rotatable bonds is 1. The summed E-state index contributed by atoms with van der Waals surface area (Å²) in [6, 6.07) is 0. The standard InChI is InChI=1S/C9H14/c1-7(2)9-5-4-8(3)6-9/h4-8H,1-3H3. The molecular formula is C9H14. The topological polar surface area (TPSA) is 0 Å². The molecule has 0 bridgehead atoms. The van der Waals surface area contributed by atoms with Gasteiger partial charge < -0.3 is 0 Å². The molecule has 0 saturated carbocycles. The Morgan fingerprint density at radius 1 is 1.44 bits per heavy atom. The third kappa shape index (κ3) is 1.44. The van der Waals surface area contributed by atoms with Gasteiger partial charge in [-0.1, -0.05) is 39.0 Å². The highest BCUT2D eigenvalue weighted by Crippen LogP contribution is 2.21. The second kappa shape index (κ2) is 2.38. The molecule has 0 N–H and O–H groups in total. The molecule has 0 heteroatoms. The Bertz CT molecular complexity index is 149. The van der Waals surface area contributed by atoms with Gasteiger partial charge in [0.05, 0.1) is 0 Å². The minimum Gasteiger partial charge on any atom is -0.0776 e. The monoisotopic (exact) mass is 122 g/mol. The summed E-state index contributed by atoms with van der Waals surface area (Å²) in [5.41, 5.74) is 1.49.